The average Bonchev–Trinajstić information content (AvgIpc) is 3.47. The molecule has 3 heterocycles. The minimum Gasteiger partial charge on any atom is -0.488 e. The molecule has 3 aromatic rings. The molecular weight excluding hydrogens is 424 g/mol. The molecule has 0 radical (unpaired) electrons. The fourth-order valence-electron chi connectivity index (χ4n) is 3.65. The van der Waals surface area contributed by atoms with Gasteiger partial charge < -0.3 is 24.4 Å². The van der Waals surface area contributed by atoms with E-state index in [2.05, 4.69) is 15.5 Å². The summed E-state index contributed by atoms with van der Waals surface area (Å²) in [5, 5.41) is 9.35. The van der Waals surface area contributed by atoms with Crippen molar-refractivity contribution in [1.82, 2.24) is 15.1 Å². The summed E-state index contributed by atoms with van der Waals surface area (Å²) >= 11 is 0. The van der Waals surface area contributed by atoms with Crippen LogP contribution in [-0.2, 0) is 4.74 Å². The molecule has 2 aliphatic heterocycles. The van der Waals surface area contributed by atoms with Crippen molar-refractivity contribution in [3.63, 3.8) is 0 Å². The van der Waals surface area contributed by atoms with Gasteiger partial charge in [-0.15, -0.1) is 0 Å². The molecule has 33 heavy (non-hydrogen) atoms. The molecule has 2 fully saturated rings. The molecule has 5 rings (SSSR count). The van der Waals surface area contributed by atoms with Crippen molar-refractivity contribution in [3.05, 3.63) is 65.9 Å². The number of benzene rings is 2. The van der Waals surface area contributed by atoms with Gasteiger partial charge in [-0.25, -0.2) is 0 Å². The van der Waals surface area contributed by atoms with E-state index in [0.717, 1.165) is 25.9 Å². The van der Waals surface area contributed by atoms with Gasteiger partial charge in [0.25, 0.3) is 11.8 Å². The quantitative estimate of drug-likeness (QED) is 0.573. The number of rotatable bonds is 7. The van der Waals surface area contributed by atoms with Crippen molar-refractivity contribution in [3.8, 4) is 17.2 Å². The Morgan fingerprint density at radius 2 is 1.85 bits per heavy atom. The molecule has 9 nitrogen and oxygen atoms in total. The highest BCUT2D eigenvalue weighted by Gasteiger charge is 2.22. The first kappa shape index (κ1) is 21.0. The van der Waals surface area contributed by atoms with E-state index in [9.17, 15) is 9.59 Å². The van der Waals surface area contributed by atoms with Crippen LogP contribution in [0, 0.1) is 0 Å². The van der Waals surface area contributed by atoms with E-state index in [0.29, 0.717) is 47.4 Å². The van der Waals surface area contributed by atoms with E-state index in [-0.39, 0.29) is 17.9 Å². The van der Waals surface area contributed by atoms with Crippen LogP contribution < -0.4 is 14.8 Å². The molecule has 0 spiro atoms. The molecule has 0 aliphatic carbocycles. The number of carbonyl (C=O) groups is 2. The van der Waals surface area contributed by atoms with Crippen LogP contribution in [0.2, 0.25) is 0 Å². The van der Waals surface area contributed by atoms with Crippen molar-refractivity contribution >= 4 is 17.6 Å². The summed E-state index contributed by atoms with van der Waals surface area (Å²) in [7, 11) is 0. The van der Waals surface area contributed by atoms with Gasteiger partial charge in [-0.3, -0.25) is 14.7 Å². The summed E-state index contributed by atoms with van der Waals surface area (Å²) in [5.74, 6) is 1.62. The lowest BCUT2D eigenvalue weighted by Crippen LogP contribution is -2.41. The lowest BCUT2D eigenvalue weighted by Gasteiger charge is -2.30. The molecule has 0 unspecified atom stereocenters. The highest BCUT2D eigenvalue weighted by atomic mass is 16.5. The molecule has 1 atom stereocenters. The van der Waals surface area contributed by atoms with E-state index < -0.39 is 0 Å². The SMILES string of the molecule is O=C(Nc1cc[nH]n1)c1cc(Oc2ccc(C(=O)N3CCC3)cc2)cc(O[C@H]2CCOC2)c1. The number of aromatic amines is 1. The Morgan fingerprint density at radius 3 is 2.52 bits per heavy atom. The summed E-state index contributed by atoms with van der Waals surface area (Å²) in [6.45, 7) is 2.76. The largest absolute Gasteiger partial charge is 0.488 e. The highest BCUT2D eigenvalue weighted by Crippen LogP contribution is 2.30. The number of H-pyrrole nitrogens is 1. The van der Waals surface area contributed by atoms with E-state index in [1.807, 2.05) is 4.90 Å². The number of likely N-dealkylation sites (tertiary alicyclic amines) is 1. The van der Waals surface area contributed by atoms with Gasteiger partial charge in [0.15, 0.2) is 5.82 Å². The third-order valence-electron chi connectivity index (χ3n) is 5.56. The highest BCUT2D eigenvalue weighted by molar-refractivity contribution is 6.04. The predicted octanol–water partition coefficient (Wildman–Crippen LogP) is 3.47. The molecular formula is C24H24N4O5. The number of hydrogen-bond donors (Lipinski definition) is 2. The van der Waals surface area contributed by atoms with Crippen molar-refractivity contribution < 1.29 is 23.8 Å². The fourth-order valence-corrected chi connectivity index (χ4v) is 3.65. The molecule has 9 heteroatoms. The molecule has 2 amide bonds. The van der Waals surface area contributed by atoms with Gasteiger partial charge in [-0.1, -0.05) is 0 Å². The number of nitrogens with zero attached hydrogens (tertiary/aromatic N) is 2. The van der Waals surface area contributed by atoms with Gasteiger partial charge in [-0.2, -0.15) is 5.10 Å². The molecule has 2 aliphatic rings. The van der Waals surface area contributed by atoms with Gasteiger partial charge in [0, 0.05) is 49.0 Å². The summed E-state index contributed by atoms with van der Waals surface area (Å²) < 4.78 is 17.4. The molecule has 2 aromatic carbocycles. The lowest BCUT2D eigenvalue weighted by molar-refractivity contribution is 0.0651. The Kier molecular flexibility index (Phi) is 5.95. The average molecular weight is 448 g/mol. The molecule has 2 N–H and O–H groups in total. The zero-order chi connectivity index (χ0) is 22.6. The van der Waals surface area contributed by atoms with E-state index in [1.165, 1.54) is 0 Å². The first-order chi connectivity index (χ1) is 16.1. The fraction of sp³-hybridized carbons (Fsp3) is 0.292. The number of ether oxygens (including phenoxy) is 3. The van der Waals surface area contributed by atoms with Crippen LogP contribution >= 0.6 is 0 Å². The second-order valence-electron chi connectivity index (χ2n) is 7.98. The number of amides is 2. The van der Waals surface area contributed by atoms with Gasteiger partial charge in [-0.05, 0) is 42.8 Å². The normalized spacial score (nSPS) is 17.3. The van der Waals surface area contributed by atoms with Crippen molar-refractivity contribution in [1.29, 1.82) is 0 Å². The van der Waals surface area contributed by atoms with E-state index in [4.69, 9.17) is 14.2 Å². The first-order valence-electron chi connectivity index (χ1n) is 10.9. The van der Waals surface area contributed by atoms with Crippen molar-refractivity contribution in [2.24, 2.45) is 0 Å². The van der Waals surface area contributed by atoms with Gasteiger partial charge >= 0.3 is 0 Å². The molecule has 0 saturated carbocycles. The third-order valence-corrected chi connectivity index (χ3v) is 5.56. The first-order valence-corrected chi connectivity index (χ1v) is 10.9. The smallest absolute Gasteiger partial charge is 0.257 e. The standard InChI is InChI=1S/C24H24N4O5/c29-23(26-22-6-8-25-27-22)17-12-20(14-21(13-17)33-19-7-11-31-15-19)32-18-4-2-16(3-5-18)24(30)28-9-1-10-28/h2-6,8,12-14,19H,1,7,9-11,15H2,(H2,25,26,27,29)/t19-/m0/s1. The zero-order valence-corrected chi connectivity index (χ0v) is 18.0. The molecule has 1 aromatic heterocycles. The van der Waals surface area contributed by atoms with E-state index >= 15 is 0 Å². The monoisotopic (exact) mass is 448 g/mol. The summed E-state index contributed by atoms with van der Waals surface area (Å²) in [6, 6.07) is 13.7. The Labute approximate surface area is 190 Å². The van der Waals surface area contributed by atoms with Crippen LogP contribution in [0.5, 0.6) is 17.2 Å². The van der Waals surface area contributed by atoms with Crippen LogP contribution in [-0.4, -0.2) is 59.3 Å². The van der Waals surface area contributed by atoms with Gasteiger partial charge in [0.1, 0.15) is 23.4 Å². The molecule has 170 valence electrons. The number of hydrogen-bond acceptors (Lipinski definition) is 6. The van der Waals surface area contributed by atoms with Crippen LogP contribution in [0.4, 0.5) is 5.82 Å². The van der Waals surface area contributed by atoms with Crippen LogP contribution in [0.25, 0.3) is 0 Å². The zero-order valence-electron chi connectivity index (χ0n) is 18.0. The number of anilines is 1. The maximum Gasteiger partial charge on any atom is 0.257 e. The Balaban J connectivity index is 1.35. The minimum absolute atomic E-state index is 0.0271. The summed E-state index contributed by atoms with van der Waals surface area (Å²) in [6.07, 6.45) is 3.38. The third kappa shape index (κ3) is 4.98. The second-order valence-corrected chi connectivity index (χ2v) is 7.98. The van der Waals surface area contributed by atoms with Crippen LogP contribution in [0.1, 0.15) is 33.6 Å². The lowest BCUT2D eigenvalue weighted by atomic mass is 10.1. The summed E-state index contributed by atoms with van der Waals surface area (Å²) in [5.41, 5.74) is 0.994. The predicted molar refractivity (Wildman–Crippen MR) is 120 cm³/mol. The Bertz CT molecular complexity index is 1120. The Hall–Kier alpha value is -3.85. The number of aromatic nitrogens is 2. The topological polar surface area (TPSA) is 106 Å². The van der Waals surface area contributed by atoms with Gasteiger partial charge in [0.05, 0.1) is 13.2 Å². The second kappa shape index (κ2) is 9.33. The van der Waals surface area contributed by atoms with Crippen LogP contribution in [0.3, 0.4) is 0 Å². The van der Waals surface area contributed by atoms with Crippen LogP contribution in [0.15, 0.2) is 54.7 Å². The maximum absolute atomic E-state index is 12.8. The summed E-state index contributed by atoms with van der Waals surface area (Å²) in [4.78, 5) is 27.0. The minimum atomic E-state index is -0.337. The maximum atomic E-state index is 12.8. The molecule has 0 bridgehead atoms. The van der Waals surface area contributed by atoms with E-state index in [1.54, 1.807) is 54.7 Å². The molecule has 2 saturated heterocycles. The number of carbonyl (C=O) groups excluding carboxylic acids is 2. The van der Waals surface area contributed by atoms with Crippen molar-refractivity contribution in [2.45, 2.75) is 18.9 Å². The van der Waals surface area contributed by atoms with Crippen molar-refractivity contribution in [2.75, 3.05) is 31.6 Å². The van der Waals surface area contributed by atoms with Gasteiger partial charge in [0.2, 0.25) is 0 Å². The number of nitrogens with one attached hydrogen (secondary N) is 2. The Morgan fingerprint density at radius 1 is 1.03 bits per heavy atom.